The lowest BCUT2D eigenvalue weighted by Gasteiger charge is -2.32. The van der Waals surface area contributed by atoms with Crippen molar-refractivity contribution < 1.29 is 18.7 Å². The Morgan fingerprint density at radius 2 is 1.83 bits per heavy atom. The van der Waals surface area contributed by atoms with Crippen LogP contribution in [-0.4, -0.2) is 42.1 Å². The van der Waals surface area contributed by atoms with E-state index in [-0.39, 0.29) is 18.5 Å². The predicted octanol–water partition coefficient (Wildman–Crippen LogP) is 3.81. The minimum absolute atomic E-state index is 0.0929. The van der Waals surface area contributed by atoms with E-state index in [9.17, 15) is 9.18 Å². The van der Waals surface area contributed by atoms with Crippen LogP contribution in [0.3, 0.4) is 0 Å². The van der Waals surface area contributed by atoms with Crippen LogP contribution in [0.2, 0.25) is 0 Å². The van der Waals surface area contributed by atoms with Crippen LogP contribution in [0.25, 0.3) is 0 Å². The minimum Gasteiger partial charge on any atom is -0.454 e. The number of fused-ring (bicyclic) bond motifs is 2. The minimum atomic E-state index is -0.122. The number of benzene rings is 2. The van der Waals surface area contributed by atoms with Gasteiger partial charge in [-0.2, -0.15) is 0 Å². The van der Waals surface area contributed by atoms with E-state index in [0.29, 0.717) is 24.8 Å². The number of nitrogens with zero attached hydrogens (tertiary/aromatic N) is 2. The van der Waals surface area contributed by atoms with E-state index in [1.807, 2.05) is 29.2 Å². The molecule has 0 unspecified atom stereocenters. The maximum atomic E-state index is 13.9. The van der Waals surface area contributed by atoms with Crippen molar-refractivity contribution in [2.45, 2.75) is 32.4 Å². The second-order valence-corrected chi connectivity index (χ2v) is 8.19. The Bertz CT molecular complexity index is 924. The first-order chi connectivity index (χ1) is 14.2. The van der Waals surface area contributed by atoms with E-state index >= 15 is 0 Å². The monoisotopic (exact) mass is 396 g/mol. The summed E-state index contributed by atoms with van der Waals surface area (Å²) in [5.41, 5.74) is 2.54. The number of ether oxygens (including phenoxy) is 2. The molecule has 3 heterocycles. The number of amides is 1. The van der Waals surface area contributed by atoms with E-state index < -0.39 is 0 Å². The van der Waals surface area contributed by atoms with Gasteiger partial charge < -0.3 is 14.4 Å². The van der Waals surface area contributed by atoms with Gasteiger partial charge in [-0.25, -0.2) is 4.39 Å². The first-order valence-electron chi connectivity index (χ1n) is 10.3. The lowest BCUT2D eigenvalue weighted by Crippen LogP contribution is -2.35. The molecule has 3 aliphatic rings. The number of halogens is 1. The molecule has 5 nitrogen and oxygen atoms in total. The summed E-state index contributed by atoms with van der Waals surface area (Å²) >= 11 is 0. The molecule has 6 heteroatoms. The molecule has 2 aromatic carbocycles. The Balaban J connectivity index is 1.12. The Kier molecular flexibility index (Phi) is 4.87. The first-order valence-corrected chi connectivity index (χ1v) is 10.3. The Morgan fingerprint density at radius 3 is 2.62 bits per heavy atom. The fourth-order valence-electron chi connectivity index (χ4n) is 4.58. The molecule has 0 atom stereocenters. The van der Waals surface area contributed by atoms with Crippen molar-refractivity contribution in [1.82, 2.24) is 9.80 Å². The van der Waals surface area contributed by atoms with Crippen molar-refractivity contribution in [2.24, 2.45) is 5.92 Å². The molecule has 0 radical (unpaired) electrons. The zero-order valence-corrected chi connectivity index (χ0v) is 16.4. The van der Waals surface area contributed by atoms with Gasteiger partial charge in [0.1, 0.15) is 5.82 Å². The zero-order valence-electron chi connectivity index (χ0n) is 16.4. The normalized spacial score (nSPS) is 19.1. The Hall–Kier alpha value is -2.60. The van der Waals surface area contributed by atoms with Crippen molar-refractivity contribution in [3.05, 3.63) is 58.9 Å². The van der Waals surface area contributed by atoms with E-state index in [0.717, 1.165) is 61.3 Å². The quantitative estimate of drug-likeness (QED) is 0.771. The second kappa shape index (κ2) is 7.67. The van der Waals surface area contributed by atoms with Crippen LogP contribution in [0.4, 0.5) is 4.39 Å². The molecule has 0 N–H and O–H groups in total. The van der Waals surface area contributed by atoms with E-state index in [2.05, 4.69) is 4.90 Å². The number of carbonyl (C=O) groups is 1. The number of carbonyl (C=O) groups excluding carboxylic acids is 1. The molecule has 0 bridgehead atoms. The van der Waals surface area contributed by atoms with Crippen LogP contribution < -0.4 is 9.47 Å². The molecule has 0 saturated carbocycles. The standard InChI is InChI=1S/C23H25FN2O3/c24-20-4-2-1-3-17(20)13-25-8-5-16(6-9-25)7-10-26-14-18-11-21-22(29-15-28-21)12-19(18)23(26)27/h1-4,11-12,16H,5-10,13-15H2. The number of hydrogen-bond donors (Lipinski definition) is 0. The average Bonchev–Trinajstić information content (AvgIpc) is 3.31. The van der Waals surface area contributed by atoms with Crippen LogP contribution in [0, 0.1) is 11.7 Å². The van der Waals surface area contributed by atoms with Gasteiger partial charge in [0.15, 0.2) is 11.5 Å². The van der Waals surface area contributed by atoms with Gasteiger partial charge in [0, 0.05) is 30.8 Å². The Labute approximate surface area is 170 Å². The van der Waals surface area contributed by atoms with Crippen molar-refractivity contribution >= 4 is 5.91 Å². The van der Waals surface area contributed by atoms with Gasteiger partial charge in [0.2, 0.25) is 6.79 Å². The molecule has 2 aromatic rings. The Morgan fingerprint density at radius 1 is 1.07 bits per heavy atom. The molecule has 152 valence electrons. The van der Waals surface area contributed by atoms with Gasteiger partial charge in [0.25, 0.3) is 5.91 Å². The number of rotatable bonds is 5. The third-order valence-corrected chi connectivity index (χ3v) is 6.34. The molecular weight excluding hydrogens is 371 g/mol. The van der Waals surface area contributed by atoms with Crippen LogP contribution in [0.1, 0.15) is 40.7 Å². The third kappa shape index (κ3) is 3.69. The second-order valence-electron chi connectivity index (χ2n) is 8.19. The summed E-state index contributed by atoms with van der Waals surface area (Å²) in [7, 11) is 0. The van der Waals surface area contributed by atoms with Gasteiger partial charge in [-0.15, -0.1) is 0 Å². The summed E-state index contributed by atoms with van der Waals surface area (Å²) in [6, 6.07) is 10.8. The smallest absolute Gasteiger partial charge is 0.254 e. The van der Waals surface area contributed by atoms with Crippen molar-refractivity contribution in [1.29, 1.82) is 0 Å². The summed E-state index contributed by atoms with van der Waals surface area (Å²) in [5.74, 6) is 1.99. The van der Waals surface area contributed by atoms with Crippen molar-refractivity contribution in [2.75, 3.05) is 26.4 Å². The van der Waals surface area contributed by atoms with E-state index in [4.69, 9.17) is 9.47 Å². The fraction of sp³-hybridized carbons (Fsp3) is 0.435. The first kappa shape index (κ1) is 18.4. The maximum Gasteiger partial charge on any atom is 0.254 e. The molecule has 3 aliphatic heterocycles. The van der Waals surface area contributed by atoms with Crippen LogP contribution in [-0.2, 0) is 13.1 Å². The topological polar surface area (TPSA) is 42.0 Å². The number of likely N-dealkylation sites (tertiary alicyclic amines) is 1. The highest BCUT2D eigenvalue weighted by Crippen LogP contribution is 2.38. The van der Waals surface area contributed by atoms with Gasteiger partial charge in [-0.3, -0.25) is 9.69 Å². The highest BCUT2D eigenvalue weighted by atomic mass is 19.1. The molecule has 1 amide bonds. The number of piperidine rings is 1. The van der Waals surface area contributed by atoms with Crippen molar-refractivity contribution in [3.63, 3.8) is 0 Å². The SMILES string of the molecule is O=C1c2cc3c(cc2CN1CCC1CCN(Cc2ccccc2F)CC1)OCO3. The van der Waals surface area contributed by atoms with Crippen LogP contribution in [0.15, 0.2) is 36.4 Å². The van der Waals surface area contributed by atoms with Crippen molar-refractivity contribution in [3.8, 4) is 11.5 Å². The van der Waals surface area contributed by atoms with Gasteiger partial charge in [0.05, 0.1) is 0 Å². The molecule has 5 rings (SSSR count). The molecule has 0 aromatic heterocycles. The largest absolute Gasteiger partial charge is 0.454 e. The van der Waals surface area contributed by atoms with Gasteiger partial charge in [-0.1, -0.05) is 18.2 Å². The predicted molar refractivity (Wildman–Crippen MR) is 106 cm³/mol. The summed E-state index contributed by atoms with van der Waals surface area (Å²) < 4.78 is 24.7. The molecule has 0 spiro atoms. The summed E-state index contributed by atoms with van der Waals surface area (Å²) in [6.07, 6.45) is 3.21. The van der Waals surface area contributed by atoms with Gasteiger partial charge >= 0.3 is 0 Å². The fourth-order valence-corrected chi connectivity index (χ4v) is 4.58. The highest BCUT2D eigenvalue weighted by molar-refractivity contribution is 5.99. The molecule has 1 saturated heterocycles. The van der Waals surface area contributed by atoms with Crippen LogP contribution in [0.5, 0.6) is 11.5 Å². The van der Waals surface area contributed by atoms with Gasteiger partial charge in [-0.05, 0) is 62.0 Å². The highest BCUT2D eigenvalue weighted by Gasteiger charge is 2.31. The third-order valence-electron chi connectivity index (χ3n) is 6.34. The molecular formula is C23H25FN2O3. The lowest BCUT2D eigenvalue weighted by molar-refractivity contribution is 0.0756. The zero-order chi connectivity index (χ0) is 19.8. The van der Waals surface area contributed by atoms with E-state index in [1.165, 1.54) is 6.07 Å². The molecule has 29 heavy (non-hydrogen) atoms. The average molecular weight is 396 g/mol. The number of hydrogen-bond acceptors (Lipinski definition) is 4. The van der Waals surface area contributed by atoms with Crippen LogP contribution >= 0.6 is 0 Å². The molecule has 0 aliphatic carbocycles. The summed E-state index contributed by atoms with van der Waals surface area (Å²) in [5, 5.41) is 0. The van der Waals surface area contributed by atoms with E-state index in [1.54, 1.807) is 6.07 Å². The lowest BCUT2D eigenvalue weighted by atomic mass is 9.93. The molecule has 1 fully saturated rings. The summed E-state index contributed by atoms with van der Waals surface area (Å²) in [4.78, 5) is 17.0. The summed E-state index contributed by atoms with van der Waals surface area (Å²) in [6.45, 7) is 4.29. The maximum absolute atomic E-state index is 13.9.